The molecule has 0 aliphatic heterocycles. The molecular weight excluding hydrogens is 275 g/mol. The van der Waals surface area contributed by atoms with Crippen LogP contribution in [0, 0.1) is 12.3 Å². The van der Waals surface area contributed by atoms with Crippen molar-refractivity contribution in [3.05, 3.63) is 16.4 Å². The molecule has 4 heteroatoms. The molecule has 2 rings (SSSR count). The number of halogens is 2. The van der Waals surface area contributed by atoms with E-state index in [1.54, 1.807) is 0 Å². The zero-order valence-electron chi connectivity index (χ0n) is 9.19. The maximum atomic E-state index is 6.26. The number of rotatable bonds is 3. The number of alkyl halides is 1. The Morgan fingerprint density at radius 3 is 2.53 bits per heavy atom. The Bertz CT molecular complexity index is 363. The summed E-state index contributed by atoms with van der Waals surface area (Å²) in [5.41, 5.74) is 2.57. The fourth-order valence-electron chi connectivity index (χ4n) is 2.26. The fourth-order valence-corrected chi connectivity index (χ4v) is 3.25. The lowest BCUT2D eigenvalue weighted by molar-refractivity contribution is 0.166. The first-order valence-electron chi connectivity index (χ1n) is 5.32. The highest BCUT2D eigenvalue weighted by Crippen LogP contribution is 2.45. The van der Waals surface area contributed by atoms with E-state index in [1.165, 1.54) is 25.0 Å². The predicted octanol–water partition coefficient (Wildman–Crippen LogP) is 3.49. The topological polar surface area (TPSA) is 17.8 Å². The van der Waals surface area contributed by atoms with Crippen LogP contribution in [-0.2, 0) is 13.5 Å². The Morgan fingerprint density at radius 2 is 2.20 bits per heavy atom. The van der Waals surface area contributed by atoms with Crippen molar-refractivity contribution in [2.24, 2.45) is 12.5 Å². The van der Waals surface area contributed by atoms with Gasteiger partial charge in [0.2, 0.25) is 0 Å². The van der Waals surface area contributed by atoms with Gasteiger partial charge in [0.25, 0.3) is 0 Å². The molecule has 0 N–H and O–H groups in total. The van der Waals surface area contributed by atoms with Crippen LogP contribution in [0.5, 0.6) is 0 Å². The van der Waals surface area contributed by atoms with Gasteiger partial charge >= 0.3 is 0 Å². The lowest BCUT2D eigenvalue weighted by Crippen LogP contribution is -2.34. The summed E-state index contributed by atoms with van der Waals surface area (Å²) in [5.74, 6) is 0. The third kappa shape index (κ3) is 1.96. The Morgan fingerprint density at radius 1 is 1.53 bits per heavy atom. The maximum absolute atomic E-state index is 6.26. The first-order valence-corrected chi connectivity index (χ1v) is 6.82. The number of hydrogen-bond donors (Lipinski definition) is 0. The molecule has 0 atom stereocenters. The van der Waals surface area contributed by atoms with Gasteiger partial charge in [0.1, 0.15) is 0 Å². The van der Waals surface area contributed by atoms with Gasteiger partial charge in [-0.25, -0.2) is 0 Å². The molecule has 1 fully saturated rings. The summed E-state index contributed by atoms with van der Waals surface area (Å²) in [7, 11) is 1.98. The summed E-state index contributed by atoms with van der Waals surface area (Å²) in [6.07, 6.45) is 5.01. The van der Waals surface area contributed by atoms with Crippen LogP contribution in [0.1, 0.15) is 30.7 Å². The van der Waals surface area contributed by atoms with E-state index in [0.29, 0.717) is 5.41 Å². The van der Waals surface area contributed by atoms with Crippen LogP contribution in [0.2, 0.25) is 5.02 Å². The molecule has 1 heterocycles. The Hall–Kier alpha value is -0.0200. The summed E-state index contributed by atoms with van der Waals surface area (Å²) in [6.45, 7) is 1.97. The van der Waals surface area contributed by atoms with Crippen molar-refractivity contribution < 1.29 is 0 Å². The highest BCUT2D eigenvalue weighted by molar-refractivity contribution is 9.09. The van der Waals surface area contributed by atoms with Gasteiger partial charge in [0, 0.05) is 12.4 Å². The molecule has 0 saturated heterocycles. The highest BCUT2D eigenvalue weighted by atomic mass is 79.9. The van der Waals surface area contributed by atoms with Crippen molar-refractivity contribution in [3.8, 4) is 0 Å². The van der Waals surface area contributed by atoms with Crippen molar-refractivity contribution in [3.63, 3.8) is 0 Å². The highest BCUT2D eigenvalue weighted by Gasteiger charge is 2.37. The van der Waals surface area contributed by atoms with Crippen molar-refractivity contribution in [1.29, 1.82) is 0 Å². The first kappa shape index (κ1) is 11.5. The summed E-state index contributed by atoms with van der Waals surface area (Å²) in [6, 6.07) is 0. The van der Waals surface area contributed by atoms with E-state index >= 15 is 0 Å². The molecular formula is C11H16BrClN2. The number of aryl methyl sites for hydroxylation is 2. The minimum Gasteiger partial charge on any atom is -0.271 e. The Kier molecular flexibility index (Phi) is 3.13. The smallest absolute Gasteiger partial charge is 0.0847 e. The molecule has 0 spiro atoms. The van der Waals surface area contributed by atoms with Crippen LogP contribution in [0.15, 0.2) is 0 Å². The van der Waals surface area contributed by atoms with Crippen LogP contribution in [0.25, 0.3) is 0 Å². The van der Waals surface area contributed by atoms with Crippen LogP contribution < -0.4 is 0 Å². The molecule has 1 saturated carbocycles. The van der Waals surface area contributed by atoms with Gasteiger partial charge in [0.15, 0.2) is 0 Å². The lowest BCUT2D eigenvalue weighted by Gasteiger charge is -2.40. The van der Waals surface area contributed by atoms with Crippen LogP contribution >= 0.6 is 27.5 Å². The van der Waals surface area contributed by atoms with Gasteiger partial charge in [-0.05, 0) is 31.6 Å². The quantitative estimate of drug-likeness (QED) is 0.780. The van der Waals surface area contributed by atoms with Crippen molar-refractivity contribution >= 4 is 27.5 Å². The van der Waals surface area contributed by atoms with E-state index in [9.17, 15) is 0 Å². The zero-order valence-corrected chi connectivity index (χ0v) is 11.5. The Balaban J connectivity index is 2.23. The van der Waals surface area contributed by atoms with E-state index < -0.39 is 0 Å². The summed E-state index contributed by atoms with van der Waals surface area (Å²) in [4.78, 5) is 0. The first-order chi connectivity index (χ1) is 7.08. The molecule has 1 aromatic rings. The molecule has 0 aromatic carbocycles. The number of hydrogen-bond acceptors (Lipinski definition) is 1. The second-order valence-corrected chi connectivity index (χ2v) is 5.57. The lowest BCUT2D eigenvalue weighted by atomic mass is 9.67. The van der Waals surface area contributed by atoms with E-state index in [-0.39, 0.29) is 0 Å². The van der Waals surface area contributed by atoms with Crippen molar-refractivity contribution in [2.45, 2.75) is 32.6 Å². The molecule has 2 nitrogen and oxygen atoms in total. The summed E-state index contributed by atoms with van der Waals surface area (Å²) < 4.78 is 1.93. The SMILES string of the molecule is Cc1nn(C)c(CC2(CBr)CCC2)c1Cl. The maximum Gasteiger partial charge on any atom is 0.0847 e. The number of nitrogens with zero attached hydrogens (tertiary/aromatic N) is 2. The molecule has 1 aromatic heterocycles. The molecule has 15 heavy (non-hydrogen) atoms. The normalized spacial score (nSPS) is 18.9. The van der Waals surface area contributed by atoms with Gasteiger partial charge in [-0.1, -0.05) is 34.0 Å². The van der Waals surface area contributed by atoms with E-state index in [1.807, 2.05) is 18.7 Å². The van der Waals surface area contributed by atoms with Crippen LogP contribution in [-0.4, -0.2) is 15.1 Å². The monoisotopic (exact) mass is 290 g/mol. The third-order valence-corrected chi connectivity index (χ3v) is 5.18. The fraction of sp³-hybridized carbons (Fsp3) is 0.727. The average Bonchev–Trinajstić information content (AvgIpc) is 2.37. The average molecular weight is 292 g/mol. The minimum absolute atomic E-state index is 0.434. The van der Waals surface area contributed by atoms with Gasteiger partial charge in [-0.2, -0.15) is 5.10 Å². The summed E-state index contributed by atoms with van der Waals surface area (Å²) in [5, 5.41) is 6.28. The van der Waals surface area contributed by atoms with Crippen LogP contribution in [0.3, 0.4) is 0 Å². The predicted molar refractivity (Wildman–Crippen MR) is 66.7 cm³/mol. The molecule has 84 valence electrons. The minimum atomic E-state index is 0.434. The van der Waals surface area contributed by atoms with Crippen LogP contribution in [0.4, 0.5) is 0 Å². The Labute approximate surface area is 104 Å². The van der Waals surface area contributed by atoms with E-state index in [4.69, 9.17) is 11.6 Å². The molecule has 0 unspecified atom stereocenters. The zero-order chi connectivity index (χ0) is 11.1. The summed E-state index contributed by atoms with van der Waals surface area (Å²) >= 11 is 9.88. The number of aromatic nitrogens is 2. The molecule has 0 radical (unpaired) electrons. The van der Waals surface area contributed by atoms with Gasteiger partial charge in [0.05, 0.1) is 16.4 Å². The van der Waals surface area contributed by atoms with Gasteiger partial charge in [-0.3, -0.25) is 4.68 Å². The second-order valence-electron chi connectivity index (χ2n) is 4.63. The molecule has 0 bridgehead atoms. The molecule has 1 aliphatic carbocycles. The second kappa shape index (κ2) is 4.10. The van der Waals surface area contributed by atoms with E-state index in [2.05, 4.69) is 21.0 Å². The largest absolute Gasteiger partial charge is 0.271 e. The standard InChI is InChI=1S/C11H16BrClN2/c1-8-10(13)9(15(2)14-8)6-11(7-12)4-3-5-11/h3-7H2,1-2H3. The van der Waals surface area contributed by atoms with Gasteiger partial charge in [-0.15, -0.1) is 0 Å². The van der Waals surface area contributed by atoms with Gasteiger partial charge < -0.3 is 0 Å². The molecule has 0 amide bonds. The van der Waals surface area contributed by atoms with Crippen molar-refractivity contribution in [1.82, 2.24) is 9.78 Å². The van der Waals surface area contributed by atoms with E-state index in [0.717, 1.165) is 22.5 Å². The third-order valence-electron chi connectivity index (χ3n) is 3.50. The molecule has 1 aliphatic rings. The van der Waals surface area contributed by atoms with Crippen molar-refractivity contribution in [2.75, 3.05) is 5.33 Å².